The summed E-state index contributed by atoms with van der Waals surface area (Å²) in [5.41, 5.74) is -0.213. The van der Waals surface area contributed by atoms with Crippen molar-refractivity contribution >= 4 is 29.1 Å². The van der Waals surface area contributed by atoms with E-state index in [0.29, 0.717) is 5.56 Å². The Kier molecular flexibility index (Phi) is 9.21. The molecule has 3 heterocycles. The van der Waals surface area contributed by atoms with Crippen molar-refractivity contribution in [3.8, 4) is 0 Å². The molecule has 0 aliphatic carbocycles. The van der Waals surface area contributed by atoms with Crippen LogP contribution in [-0.4, -0.2) is 97.3 Å². The molecule has 3 aliphatic rings. The van der Waals surface area contributed by atoms with Crippen LogP contribution in [0.3, 0.4) is 0 Å². The predicted molar refractivity (Wildman–Crippen MR) is 142 cm³/mol. The van der Waals surface area contributed by atoms with E-state index in [4.69, 9.17) is 35.3 Å². The van der Waals surface area contributed by atoms with Crippen molar-refractivity contribution in [1.29, 1.82) is 0 Å². The molecule has 11 unspecified atom stereocenters. The van der Waals surface area contributed by atoms with Crippen LogP contribution in [0.5, 0.6) is 0 Å². The Balaban J connectivity index is 1.22. The molecule has 3 fully saturated rings. The van der Waals surface area contributed by atoms with E-state index in [-0.39, 0.29) is 23.1 Å². The zero-order valence-electron chi connectivity index (χ0n) is 21.6. The minimum atomic E-state index is -2.18. The van der Waals surface area contributed by atoms with Crippen LogP contribution in [0.25, 0.3) is 0 Å². The van der Waals surface area contributed by atoms with E-state index in [1.54, 1.807) is 18.2 Å². The normalized spacial score (nSPS) is 39.2. The lowest BCUT2D eigenvalue weighted by molar-refractivity contribution is -0.400. The summed E-state index contributed by atoms with van der Waals surface area (Å²) in [6.07, 6.45) is -12.1. The number of hydrogen-bond acceptors (Lipinski definition) is 13. The predicted octanol–water partition coefficient (Wildman–Crippen LogP) is 1.21. The Morgan fingerprint density at radius 2 is 1.80 bits per heavy atom. The number of fused-ring (bicyclic) bond motifs is 1. The first kappa shape index (κ1) is 30.5. The number of nitro groups is 1. The molecular weight excluding hydrogens is 586 g/mol. The van der Waals surface area contributed by atoms with Crippen molar-refractivity contribution in [2.24, 2.45) is 0 Å². The van der Waals surface area contributed by atoms with Crippen molar-refractivity contribution in [3.63, 3.8) is 0 Å². The van der Waals surface area contributed by atoms with Gasteiger partial charge in [-0.15, -0.1) is 11.8 Å². The van der Waals surface area contributed by atoms with Crippen LogP contribution in [0.4, 0.5) is 5.69 Å². The van der Waals surface area contributed by atoms with E-state index in [0.717, 1.165) is 17.3 Å². The summed E-state index contributed by atoms with van der Waals surface area (Å²) in [5.74, 6) is -2.05. The van der Waals surface area contributed by atoms with Crippen LogP contribution in [0.2, 0.25) is 5.02 Å². The fourth-order valence-electron chi connectivity index (χ4n) is 4.95. The number of thioether (sulfide) groups is 1. The second kappa shape index (κ2) is 12.4. The standard InChI is InChI=1S/C26H30ClNO12S/c1-26(33)22(18(30)20(32)25(40-26)41-11-12-7-8-14(27)15(9-12)28(34)35)39-24-19(31)17(29)21-16(37-24)10-36-23(38-21)13-5-3-2-4-6-13/h2-9,16-25,29-33H,10-11H2,1H3. The van der Waals surface area contributed by atoms with Gasteiger partial charge < -0.3 is 49.2 Å². The summed E-state index contributed by atoms with van der Waals surface area (Å²) in [7, 11) is 0. The first-order valence-corrected chi connectivity index (χ1v) is 14.2. The van der Waals surface area contributed by atoms with Gasteiger partial charge in [0.05, 0.1) is 11.5 Å². The van der Waals surface area contributed by atoms with Crippen molar-refractivity contribution in [2.45, 2.75) is 79.2 Å². The molecule has 0 radical (unpaired) electrons. The summed E-state index contributed by atoms with van der Waals surface area (Å²) < 4.78 is 28.7. The molecule has 0 aromatic heterocycles. The number of aliphatic hydroxyl groups excluding tert-OH is 4. The molecule has 2 aromatic carbocycles. The first-order chi connectivity index (χ1) is 19.5. The Hall–Kier alpha value is -1.92. The highest BCUT2D eigenvalue weighted by Gasteiger charge is 2.56. The number of rotatable bonds is 7. The third-order valence-electron chi connectivity index (χ3n) is 7.13. The largest absolute Gasteiger partial charge is 0.387 e. The van der Waals surface area contributed by atoms with E-state index < -0.39 is 71.5 Å². The van der Waals surface area contributed by atoms with Gasteiger partial charge >= 0.3 is 0 Å². The Bertz CT molecular complexity index is 1220. The highest BCUT2D eigenvalue weighted by Crippen LogP contribution is 2.40. The number of nitrogens with zero attached hydrogens (tertiary/aromatic N) is 1. The van der Waals surface area contributed by atoms with Crippen molar-refractivity contribution < 1.29 is 54.1 Å². The Morgan fingerprint density at radius 3 is 2.51 bits per heavy atom. The third kappa shape index (κ3) is 6.39. The Labute approximate surface area is 243 Å². The molecule has 3 saturated heterocycles. The molecule has 0 saturated carbocycles. The fourth-order valence-corrected chi connectivity index (χ4v) is 6.29. The maximum absolute atomic E-state index is 11.2. The van der Waals surface area contributed by atoms with Gasteiger partial charge in [-0.25, -0.2) is 0 Å². The topological polar surface area (TPSA) is 190 Å². The van der Waals surface area contributed by atoms with Crippen LogP contribution in [0.1, 0.15) is 24.3 Å². The van der Waals surface area contributed by atoms with Gasteiger partial charge in [-0.2, -0.15) is 0 Å². The van der Waals surface area contributed by atoms with Crippen molar-refractivity contribution in [2.75, 3.05) is 6.61 Å². The number of aliphatic hydroxyl groups is 5. The van der Waals surface area contributed by atoms with Gasteiger partial charge in [0.2, 0.25) is 0 Å². The van der Waals surface area contributed by atoms with Crippen molar-refractivity contribution in [3.05, 3.63) is 74.8 Å². The molecular formula is C26H30ClNO12S. The summed E-state index contributed by atoms with van der Waals surface area (Å²) >= 11 is 6.84. The second-order valence-electron chi connectivity index (χ2n) is 10.1. The average Bonchev–Trinajstić information content (AvgIpc) is 2.95. The highest BCUT2D eigenvalue weighted by molar-refractivity contribution is 7.99. The zero-order valence-corrected chi connectivity index (χ0v) is 23.2. The number of hydrogen-bond donors (Lipinski definition) is 5. The number of benzene rings is 2. The minimum absolute atomic E-state index is 0.00181. The van der Waals surface area contributed by atoms with Gasteiger partial charge in [-0.05, 0) is 18.6 Å². The van der Waals surface area contributed by atoms with Crippen LogP contribution < -0.4 is 0 Å². The van der Waals surface area contributed by atoms with Gasteiger partial charge in [0, 0.05) is 17.4 Å². The summed E-state index contributed by atoms with van der Waals surface area (Å²) in [4.78, 5) is 10.5. The average molecular weight is 616 g/mol. The van der Waals surface area contributed by atoms with E-state index in [1.807, 2.05) is 18.2 Å². The molecule has 0 bridgehead atoms. The van der Waals surface area contributed by atoms with Gasteiger partial charge in [-0.1, -0.05) is 48.0 Å². The fraction of sp³-hybridized carbons (Fsp3) is 0.538. The molecule has 3 aliphatic heterocycles. The van der Waals surface area contributed by atoms with Crippen LogP contribution in [0.15, 0.2) is 48.5 Å². The lowest BCUT2D eigenvalue weighted by atomic mass is 9.95. The number of nitro benzene ring substituents is 1. The van der Waals surface area contributed by atoms with Gasteiger partial charge in [0.15, 0.2) is 18.4 Å². The lowest BCUT2D eigenvalue weighted by Gasteiger charge is -2.50. The number of ether oxygens (including phenoxy) is 5. The smallest absolute Gasteiger partial charge is 0.288 e. The molecule has 2 aromatic rings. The first-order valence-electron chi connectivity index (χ1n) is 12.8. The summed E-state index contributed by atoms with van der Waals surface area (Å²) in [5, 5.41) is 65.4. The van der Waals surface area contributed by atoms with Crippen molar-refractivity contribution in [1.82, 2.24) is 0 Å². The highest BCUT2D eigenvalue weighted by atomic mass is 35.5. The quantitative estimate of drug-likeness (QED) is 0.221. The Morgan fingerprint density at radius 1 is 1.07 bits per heavy atom. The molecule has 15 heteroatoms. The molecule has 5 N–H and O–H groups in total. The molecule has 11 atom stereocenters. The maximum atomic E-state index is 11.2. The van der Waals surface area contributed by atoms with E-state index in [9.17, 15) is 35.6 Å². The molecule has 5 rings (SSSR count). The molecule has 0 spiro atoms. The van der Waals surface area contributed by atoms with E-state index >= 15 is 0 Å². The molecule has 41 heavy (non-hydrogen) atoms. The van der Waals surface area contributed by atoms with Gasteiger partial charge in [0.25, 0.3) is 5.69 Å². The van der Waals surface area contributed by atoms with E-state index in [1.165, 1.54) is 19.1 Å². The maximum Gasteiger partial charge on any atom is 0.288 e. The molecule has 0 amide bonds. The van der Waals surface area contributed by atoms with Crippen LogP contribution >= 0.6 is 23.4 Å². The molecule has 224 valence electrons. The number of halogens is 1. The lowest BCUT2D eigenvalue weighted by Crippen LogP contribution is -2.67. The SMILES string of the molecule is CC1(O)OC(SCc2ccc(Cl)c([N+](=O)[O-])c2)C(O)C(O)C1OC1OC2COC(c3ccccc3)OC2C(O)C1O. The summed E-state index contributed by atoms with van der Waals surface area (Å²) in [6, 6.07) is 13.3. The monoisotopic (exact) mass is 615 g/mol. The van der Waals surface area contributed by atoms with Crippen LogP contribution in [-0.2, 0) is 29.4 Å². The minimum Gasteiger partial charge on any atom is -0.387 e. The van der Waals surface area contributed by atoms with Crippen LogP contribution in [0, 0.1) is 10.1 Å². The third-order valence-corrected chi connectivity index (χ3v) is 8.65. The van der Waals surface area contributed by atoms with E-state index in [2.05, 4.69) is 0 Å². The zero-order chi connectivity index (χ0) is 29.5. The second-order valence-corrected chi connectivity index (χ2v) is 11.6. The van der Waals surface area contributed by atoms with Gasteiger partial charge in [-0.3, -0.25) is 10.1 Å². The summed E-state index contributed by atoms with van der Waals surface area (Å²) in [6.45, 7) is 1.21. The molecule has 13 nitrogen and oxygen atoms in total. The van der Waals surface area contributed by atoms with Gasteiger partial charge in [0.1, 0.15) is 53.2 Å².